The highest BCUT2D eigenvalue weighted by Crippen LogP contribution is 2.18. The summed E-state index contributed by atoms with van der Waals surface area (Å²) in [7, 11) is 3.45. The van der Waals surface area contributed by atoms with Crippen molar-refractivity contribution in [3.63, 3.8) is 0 Å². The SMILES string of the molecule is CN(C)C(=O)c1ccc(-c2nc(=S)n(Cc3cccc(Cl)c3)[nH]2)cc1. The predicted molar refractivity (Wildman–Crippen MR) is 101 cm³/mol. The van der Waals surface area contributed by atoms with Gasteiger partial charge in [0.15, 0.2) is 5.82 Å². The third-order valence-corrected chi connectivity index (χ3v) is 4.27. The number of halogens is 1. The van der Waals surface area contributed by atoms with E-state index in [1.165, 1.54) is 0 Å². The van der Waals surface area contributed by atoms with Crippen LogP contribution in [0.1, 0.15) is 15.9 Å². The molecule has 0 fully saturated rings. The molecule has 0 saturated carbocycles. The molecule has 0 saturated heterocycles. The Bertz CT molecular complexity index is 960. The lowest BCUT2D eigenvalue weighted by Gasteiger charge is -2.10. The van der Waals surface area contributed by atoms with Crippen molar-refractivity contribution in [2.75, 3.05) is 14.1 Å². The quantitative estimate of drug-likeness (QED) is 0.704. The lowest BCUT2D eigenvalue weighted by atomic mass is 10.1. The zero-order valence-corrected chi connectivity index (χ0v) is 15.4. The molecule has 0 aliphatic carbocycles. The first kappa shape index (κ1) is 17.4. The zero-order chi connectivity index (χ0) is 18.0. The second kappa shape index (κ2) is 7.21. The first-order valence-electron chi connectivity index (χ1n) is 7.67. The summed E-state index contributed by atoms with van der Waals surface area (Å²) in [6.07, 6.45) is 0. The summed E-state index contributed by atoms with van der Waals surface area (Å²) in [4.78, 5) is 17.9. The van der Waals surface area contributed by atoms with E-state index in [-0.39, 0.29) is 5.91 Å². The van der Waals surface area contributed by atoms with Crippen molar-refractivity contribution in [2.45, 2.75) is 6.54 Å². The van der Waals surface area contributed by atoms with E-state index < -0.39 is 0 Å². The van der Waals surface area contributed by atoms with Crippen molar-refractivity contribution in [2.24, 2.45) is 0 Å². The fraction of sp³-hybridized carbons (Fsp3) is 0.167. The number of carbonyl (C=O) groups excluding carboxylic acids is 1. The molecule has 1 heterocycles. The van der Waals surface area contributed by atoms with E-state index in [1.807, 2.05) is 36.4 Å². The number of nitrogens with one attached hydrogen (secondary N) is 1. The Morgan fingerprint density at radius 3 is 2.60 bits per heavy atom. The molecule has 0 aliphatic rings. The summed E-state index contributed by atoms with van der Waals surface area (Å²) in [6.45, 7) is 0.559. The van der Waals surface area contributed by atoms with E-state index in [1.54, 1.807) is 35.8 Å². The second-order valence-corrected chi connectivity index (χ2v) is 6.65. The summed E-state index contributed by atoms with van der Waals surface area (Å²) in [5, 5.41) is 3.89. The molecule has 2 aromatic carbocycles. The molecule has 1 aromatic heterocycles. The molecule has 1 amide bonds. The highest BCUT2D eigenvalue weighted by molar-refractivity contribution is 7.71. The minimum atomic E-state index is -0.0361. The average Bonchev–Trinajstić information content (AvgIpc) is 2.95. The van der Waals surface area contributed by atoms with Crippen LogP contribution in [0.2, 0.25) is 5.02 Å². The highest BCUT2D eigenvalue weighted by Gasteiger charge is 2.10. The van der Waals surface area contributed by atoms with Gasteiger partial charge >= 0.3 is 0 Å². The molecule has 0 bridgehead atoms. The van der Waals surface area contributed by atoms with E-state index in [9.17, 15) is 4.79 Å². The van der Waals surface area contributed by atoms with Gasteiger partial charge in [0.1, 0.15) is 0 Å². The van der Waals surface area contributed by atoms with Crippen molar-refractivity contribution in [3.8, 4) is 11.4 Å². The van der Waals surface area contributed by atoms with Gasteiger partial charge in [0.05, 0.1) is 6.54 Å². The third-order valence-electron chi connectivity index (χ3n) is 3.72. The molecule has 7 heteroatoms. The molecule has 0 atom stereocenters. The van der Waals surface area contributed by atoms with Crippen molar-refractivity contribution in [3.05, 3.63) is 69.5 Å². The van der Waals surface area contributed by atoms with Crippen LogP contribution in [0.25, 0.3) is 11.4 Å². The maximum atomic E-state index is 12.0. The first-order valence-corrected chi connectivity index (χ1v) is 8.46. The van der Waals surface area contributed by atoms with Gasteiger partial charge in [0, 0.05) is 30.2 Å². The fourth-order valence-corrected chi connectivity index (χ4v) is 2.85. The normalized spacial score (nSPS) is 10.7. The molecule has 0 radical (unpaired) electrons. The van der Waals surface area contributed by atoms with E-state index in [0.717, 1.165) is 11.1 Å². The monoisotopic (exact) mass is 372 g/mol. The van der Waals surface area contributed by atoms with Crippen LogP contribution >= 0.6 is 23.8 Å². The Labute approximate surface area is 155 Å². The maximum absolute atomic E-state index is 12.0. The lowest BCUT2D eigenvalue weighted by molar-refractivity contribution is 0.0827. The number of hydrogen-bond donors (Lipinski definition) is 1. The molecule has 0 unspecified atom stereocenters. The minimum Gasteiger partial charge on any atom is -0.345 e. The zero-order valence-electron chi connectivity index (χ0n) is 13.9. The average molecular weight is 373 g/mol. The molecule has 25 heavy (non-hydrogen) atoms. The number of rotatable bonds is 4. The van der Waals surface area contributed by atoms with Crippen LogP contribution in [0.3, 0.4) is 0 Å². The second-order valence-electron chi connectivity index (χ2n) is 5.85. The molecule has 0 spiro atoms. The van der Waals surface area contributed by atoms with Crippen LogP contribution in [0.4, 0.5) is 0 Å². The van der Waals surface area contributed by atoms with E-state index >= 15 is 0 Å². The lowest BCUT2D eigenvalue weighted by Crippen LogP contribution is -2.21. The van der Waals surface area contributed by atoms with Crippen molar-refractivity contribution in [1.82, 2.24) is 19.7 Å². The molecule has 3 aromatic rings. The number of carbonyl (C=O) groups is 1. The van der Waals surface area contributed by atoms with Crippen LogP contribution in [0.5, 0.6) is 0 Å². The van der Waals surface area contributed by atoms with Crippen LogP contribution in [0.15, 0.2) is 48.5 Å². The summed E-state index contributed by atoms with van der Waals surface area (Å²) >= 11 is 11.4. The number of amides is 1. The van der Waals surface area contributed by atoms with Gasteiger partial charge in [-0.2, -0.15) is 4.98 Å². The fourth-order valence-electron chi connectivity index (χ4n) is 2.44. The molecule has 3 rings (SSSR count). The molecule has 128 valence electrons. The van der Waals surface area contributed by atoms with Crippen LogP contribution in [0, 0.1) is 4.77 Å². The van der Waals surface area contributed by atoms with E-state index in [2.05, 4.69) is 10.1 Å². The highest BCUT2D eigenvalue weighted by atomic mass is 35.5. The Kier molecular flexibility index (Phi) is 5.01. The Balaban J connectivity index is 1.85. The molecule has 0 aliphatic heterocycles. The van der Waals surface area contributed by atoms with Gasteiger partial charge in [-0.1, -0.05) is 35.9 Å². The van der Waals surface area contributed by atoms with Gasteiger partial charge in [-0.05, 0) is 42.0 Å². The molecule has 5 nitrogen and oxygen atoms in total. The third kappa shape index (κ3) is 3.97. The van der Waals surface area contributed by atoms with Crippen molar-refractivity contribution < 1.29 is 4.79 Å². The van der Waals surface area contributed by atoms with Crippen LogP contribution < -0.4 is 0 Å². The standard InChI is InChI=1S/C18H17ClN4OS/c1-22(2)17(24)14-8-6-13(7-9-14)16-20-18(25)23(21-16)11-12-4-3-5-15(19)10-12/h3-10H,11H2,1-2H3,(H,20,21,25). The van der Waals surface area contributed by atoms with Gasteiger partial charge < -0.3 is 4.90 Å². The predicted octanol–water partition coefficient (Wildman–Crippen LogP) is 4.01. The van der Waals surface area contributed by atoms with Crippen molar-refractivity contribution in [1.29, 1.82) is 0 Å². The Morgan fingerprint density at radius 1 is 1.24 bits per heavy atom. The summed E-state index contributed by atoms with van der Waals surface area (Å²) in [6, 6.07) is 14.9. The first-order chi connectivity index (χ1) is 11.9. The molecular formula is C18H17ClN4OS. The smallest absolute Gasteiger partial charge is 0.253 e. The van der Waals surface area contributed by atoms with Crippen molar-refractivity contribution >= 4 is 29.7 Å². The maximum Gasteiger partial charge on any atom is 0.253 e. The summed E-state index contributed by atoms with van der Waals surface area (Å²) in [5.41, 5.74) is 2.53. The molecule has 1 N–H and O–H groups in total. The van der Waals surface area contributed by atoms with Gasteiger partial charge in [0.2, 0.25) is 4.77 Å². The van der Waals surface area contributed by atoms with Gasteiger partial charge in [-0.3, -0.25) is 14.6 Å². The number of benzene rings is 2. The van der Waals surface area contributed by atoms with Gasteiger partial charge in [0.25, 0.3) is 5.91 Å². The Hall–Kier alpha value is -2.44. The summed E-state index contributed by atoms with van der Waals surface area (Å²) in [5.74, 6) is 0.627. The number of hydrogen-bond acceptors (Lipinski definition) is 3. The van der Waals surface area contributed by atoms with E-state index in [4.69, 9.17) is 23.8 Å². The topological polar surface area (TPSA) is 53.9 Å². The number of aromatic amines is 1. The van der Waals surface area contributed by atoms with Gasteiger partial charge in [-0.15, -0.1) is 0 Å². The van der Waals surface area contributed by atoms with Crippen LogP contribution in [-0.4, -0.2) is 39.7 Å². The van der Waals surface area contributed by atoms with E-state index in [0.29, 0.717) is 27.7 Å². The van der Waals surface area contributed by atoms with Crippen LogP contribution in [-0.2, 0) is 6.54 Å². The number of H-pyrrole nitrogens is 1. The Morgan fingerprint density at radius 2 is 1.96 bits per heavy atom. The number of aromatic nitrogens is 3. The van der Waals surface area contributed by atoms with Gasteiger partial charge in [-0.25, -0.2) is 0 Å². The minimum absolute atomic E-state index is 0.0361. The number of nitrogens with zero attached hydrogens (tertiary/aromatic N) is 3. The molecular weight excluding hydrogens is 356 g/mol. The largest absolute Gasteiger partial charge is 0.345 e. The summed E-state index contributed by atoms with van der Waals surface area (Å²) < 4.78 is 2.25.